The number of aromatic amines is 1. The molecule has 0 spiro atoms. The second-order valence-corrected chi connectivity index (χ2v) is 3.41. The van der Waals surface area contributed by atoms with E-state index in [4.69, 9.17) is 5.73 Å². The SMILES string of the molecule is Nc1ccc(NCCCc2ncc[nH]2)nn1. The number of hydrogen-bond donors (Lipinski definition) is 3. The molecule has 0 aliphatic rings. The largest absolute Gasteiger partial charge is 0.382 e. The molecule has 2 aromatic rings. The van der Waals surface area contributed by atoms with Crippen molar-refractivity contribution in [2.75, 3.05) is 17.6 Å². The molecular formula is C10H14N6. The number of nitrogens with two attached hydrogens (primary N) is 1. The van der Waals surface area contributed by atoms with Crippen LogP contribution in [0.25, 0.3) is 0 Å². The lowest BCUT2D eigenvalue weighted by atomic mass is 10.3. The quantitative estimate of drug-likeness (QED) is 0.646. The Balaban J connectivity index is 1.70. The zero-order valence-electron chi connectivity index (χ0n) is 8.85. The van der Waals surface area contributed by atoms with Crippen LogP contribution >= 0.6 is 0 Å². The molecule has 0 aliphatic heterocycles. The summed E-state index contributed by atoms with van der Waals surface area (Å²) in [5.74, 6) is 2.18. The average Bonchev–Trinajstić information content (AvgIpc) is 2.80. The molecule has 6 nitrogen and oxygen atoms in total. The Bertz CT molecular complexity index is 407. The molecule has 0 fully saturated rings. The highest BCUT2D eigenvalue weighted by molar-refractivity contribution is 5.38. The van der Waals surface area contributed by atoms with E-state index in [2.05, 4.69) is 25.5 Å². The summed E-state index contributed by atoms with van der Waals surface area (Å²) in [6.45, 7) is 0.833. The highest BCUT2D eigenvalue weighted by atomic mass is 15.2. The van der Waals surface area contributed by atoms with Gasteiger partial charge in [0.25, 0.3) is 0 Å². The molecule has 2 heterocycles. The van der Waals surface area contributed by atoms with Gasteiger partial charge in [-0.05, 0) is 18.6 Å². The van der Waals surface area contributed by atoms with Gasteiger partial charge in [-0.1, -0.05) is 0 Å². The van der Waals surface area contributed by atoms with Gasteiger partial charge >= 0.3 is 0 Å². The van der Waals surface area contributed by atoms with Gasteiger partial charge in [-0.25, -0.2) is 4.98 Å². The van der Waals surface area contributed by atoms with Gasteiger partial charge in [-0.2, -0.15) is 0 Å². The predicted octanol–water partition coefficient (Wildman–Crippen LogP) is 0.827. The highest BCUT2D eigenvalue weighted by Gasteiger charge is 1.96. The maximum atomic E-state index is 5.43. The molecule has 84 valence electrons. The zero-order chi connectivity index (χ0) is 11.2. The number of anilines is 2. The summed E-state index contributed by atoms with van der Waals surface area (Å²) < 4.78 is 0. The van der Waals surface area contributed by atoms with Gasteiger partial charge in [0.15, 0.2) is 0 Å². The van der Waals surface area contributed by atoms with Crippen LogP contribution < -0.4 is 11.1 Å². The third-order valence-corrected chi connectivity index (χ3v) is 2.14. The Morgan fingerprint density at radius 2 is 2.25 bits per heavy atom. The van der Waals surface area contributed by atoms with Crippen molar-refractivity contribution < 1.29 is 0 Å². The second kappa shape index (κ2) is 5.11. The summed E-state index contributed by atoms with van der Waals surface area (Å²) in [5, 5.41) is 10.8. The third-order valence-electron chi connectivity index (χ3n) is 2.14. The van der Waals surface area contributed by atoms with Crippen LogP contribution in [-0.2, 0) is 6.42 Å². The number of H-pyrrole nitrogens is 1. The fourth-order valence-corrected chi connectivity index (χ4v) is 1.34. The van der Waals surface area contributed by atoms with Crippen LogP contribution in [0.5, 0.6) is 0 Å². The molecule has 6 heteroatoms. The summed E-state index contributed by atoms with van der Waals surface area (Å²) in [4.78, 5) is 7.20. The Morgan fingerprint density at radius 3 is 2.94 bits per heavy atom. The van der Waals surface area contributed by atoms with E-state index in [1.54, 1.807) is 12.3 Å². The maximum Gasteiger partial charge on any atom is 0.148 e. The van der Waals surface area contributed by atoms with Gasteiger partial charge in [-0.15, -0.1) is 10.2 Å². The summed E-state index contributed by atoms with van der Waals surface area (Å²) >= 11 is 0. The van der Waals surface area contributed by atoms with Crippen molar-refractivity contribution >= 4 is 11.6 Å². The standard InChI is InChI=1S/C10H14N6/c11-8-3-4-10(16-15-8)12-5-1-2-9-13-6-7-14-9/h3-4,6-7H,1-2,5H2,(H2,11,15)(H,12,16)(H,13,14). The fraction of sp³-hybridized carbons (Fsp3) is 0.300. The zero-order valence-corrected chi connectivity index (χ0v) is 8.85. The van der Waals surface area contributed by atoms with Crippen LogP contribution in [0.3, 0.4) is 0 Å². The van der Waals surface area contributed by atoms with Crippen molar-refractivity contribution in [1.82, 2.24) is 20.2 Å². The lowest BCUT2D eigenvalue weighted by Gasteiger charge is -2.03. The first-order chi connectivity index (χ1) is 7.84. The molecule has 0 saturated carbocycles. The van der Waals surface area contributed by atoms with Gasteiger partial charge in [0.2, 0.25) is 0 Å². The number of imidazole rings is 1. The maximum absolute atomic E-state index is 5.43. The minimum absolute atomic E-state index is 0.432. The molecule has 2 rings (SSSR count). The lowest BCUT2D eigenvalue weighted by molar-refractivity contribution is 0.811. The topological polar surface area (TPSA) is 92.5 Å². The molecule has 0 amide bonds. The summed E-state index contributed by atoms with van der Waals surface area (Å²) in [5.41, 5.74) is 5.43. The number of hydrogen-bond acceptors (Lipinski definition) is 5. The Morgan fingerprint density at radius 1 is 1.31 bits per heavy atom. The molecule has 4 N–H and O–H groups in total. The van der Waals surface area contributed by atoms with Gasteiger partial charge < -0.3 is 16.0 Å². The van der Waals surface area contributed by atoms with E-state index >= 15 is 0 Å². The van der Waals surface area contributed by atoms with E-state index in [1.807, 2.05) is 12.3 Å². The van der Waals surface area contributed by atoms with Crippen molar-refractivity contribution in [3.63, 3.8) is 0 Å². The van der Waals surface area contributed by atoms with E-state index < -0.39 is 0 Å². The van der Waals surface area contributed by atoms with E-state index in [9.17, 15) is 0 Å². The van der Waals surface area contributed by atoms with Gasteiger partial charge in [0.05, 0.1) is 0 Å². The van der Waals surface area contributed by atoms with Gasteiger partial charge in [0, 0.05) is 25.4 Å². The number of aromatic nitrogens is 4. The fourth-order valence-electron chi connectivity index (χ4n) is 1.34. The number of rotatable bonds is 5. The Labute approximate surface area is 93.3 Å². The molecule has 0 radical (unpaired) electrons. The molecule has 0 bridgehead atoms. The molecule has 0 atom stereocenters. The van der Waals surface area contributed by atoms with Gasteiger partial charge in [-0.3, -0.25) is 0 Å². The van der Waals surface area contributed by atoms with E-state index in [0.29, 0.717) is 5.82 Å². The van der Waals surface area contributed by atoms with Crippen LogP contribution in [0.2, 0.25) is 0 Å². The van der Waals surface area contributed by atoms with Gasteiger partial charge in [0.1, 0.15) is 17.5 Å². The average molecular weight is 218 g/mol. The Hall–Kier alpha value is -2.11. The molecular weight excluding hydrogens is 204 g/mol. The molecule has 16 heavy (non-hydrogen) atoms. The molecule has 0 saturated heterocycles. The van der Waals surface area contributed by atoms with Crippen molar-refractivity contribution in [2.24, 2.45) is 0 Å². The number of aryl methyl sites for hydroxylation is 1. The highest BCUT2D eigenvalue weighted by Crippen LogP contribution is 2.03. The van der Waals surface area contributed by atoms with Crippen molar-refractivity contribution in [3.05, 3.63) is 30.4 Å². The minimum atomic E-state index is 0.432. The summed E-state index contributed by atoms with van der Waals surface area (Å²) in [7, 11) is 0. The normalized spacial score (nSPS) is 10.2. The van der Waals surface area contributed by atoms with E-state index in [-0.39, 0.29) is 0 Å². The summed E-state index contributed by atoms with van der Waals surface area (Å²) in [6, 6.07) is 3.54. The first-order valence-corrected chi connectivity index (χ1v) is 5.16. The minimum Gasteiger partial charge on any atom is -0.382 e. The molecule has 2 aromatic heterocycles. The van der Waals surface area contributed by atoms with E-state index in [0.717, 1.165) is 31.0 Å². The number of nitrogens with one attached hydrogen (secondary N) is 2. The number of nitrogen functional groups attached to an aromatic ring is 1. The van der Waals surface area contributed by atoms with Crippen molar-refractivity contribution in [2.45, 2.75) is 12.8 Å². The third kappa shape index (κ3) is 2.94. The monoisotopic (exact) mass is 218 g/mol. The molecule has 0 aliphatic carbocycles. The lowest BCUT2D eigenvalue weighted by Crippen LogP contribution is -2.06. The Kier molecular flexibility index (Phi) is 3.32. The van der Waals surface area contributed by atoms with E-state index in [1.165, 1.54) is 0 Å². The molecule has 0 unspecified atom stereocenters. The van der Waals surface area contributed by atoms with Crippen LogP contribution in [-0.4, -0.2) is 26.7 Å². The van der Waals surface area contributed by atoms with Crippen LogP contribution in [0, 0.1) is 0 Å². The second-order valence-electron chi connectivity index (χ2n) is 3.41. The smallest absolute Gasteiger partial charge is 0.148 e. The molecule has 0 aromatic carbocycles. The summed E-state index contributed by atoms with van der Waals surface area (Å²) in [6.07, 6.45) is 5.49. The number of nitrogens with zero attached hydrogens (tertiary/aromatic N) is 3. The van der Waals surface area contributed by atoms with Crippen LogP contribution in [0.15, 0.2) is 24.5 Å². The van der Waals surface area contributed by atoms with Crippen molar-refractivity contribution in [3.8, 4) is 0 Å². The van der Waals surface area contributed by atoms with Crippen LogP contribution in [0.1, 0.15) is 12.2 Å². The first-order valence-electron chi connectivity index (χ1n) is 5.16. The van der Waals surface area contributed by atoms with Crippen molar-refractivity contribution in [1.29, 1.82) is 0 Å². The first kappa shape index (κ1) is 10.4. The van der Waals surface area contributed by atoms with Crippen LogP contribution in [0.4, 0.5) is 11.6 Å². The predicted molar refractivity (Wildman–Crippen MR) is 61.8 cm³/mol.